The molecule has 2 aromatic carbocycles. The summed E-state index contributed by atoms with van der Waals surface area (Å²) in [5.74, 6) is -0.0681. The van der Waals surface area contributed by atoms with Crippen LogP contribution in [0.3, 0.4) is 0 Å². The quantitative estimate of drug-likeness (QED) is 0.845. The summed E-state index contributed by atoms with van der Waals surface area (Å²) in [7, 11) is 0. The van der Waals surface area contributed by atoms with Gasteiger partial charge in [-0.2, -0.15) is 0 Å². The Balaban J connectivity index is 2.06. The molecular formula is C15H13BrN2O. The molecule has 0 aliphatic carbocycles. The average molecular weight is 317 g/mol. The van der Waals surface area contributed by atoms with E-state index in [0.29, 0.717) is 5.56 Å². The second-order valence-corrected chi connectivity index (χ2v) is 5.68. The summed E-state index contributed by atoms with van der Waals surface area (Å²) < 4.78 is 0.895. The highest BCUT2D eigenvalue weighted by molar-refractivity contribution is 9.10. The van der Waals surface area contributed by atoms with Crippen molar-refractivity contribution in [3.8, 4) is 0 Å². The molecule has 0 saturated heterocycles. The van der Waals surface area contributed by atoms with Gasteiger partial charge in [-0.15, -0.1) is 0 Å². The van der Waals surface area contributed by atoms with E-state index in [2.05, 4.69) is 26.6 Å². The number of anilines is 1. The third-order valence-electron chi connectivity index (χ3n) is 3.33. The molecule has 1 amide bonds. The molecule has 0 bridgehead atoms. The van der Waals surface area contributed by atoms with Crippen LogP contribution in [0.2, 0.25) is 0 Å². The zero-order valence-corrected chi connectivity index (χ0v) is 12.0. The van der Waals surface area contributed by atoms with Crippen molar-refractivity contribution >= 4 is 27.5 Å². The zero-order chi connectivity index (χ0) is 13.5. The molecule has 0 spiro atoms. The number of amides is 1. The Morgan fingerprint density at radius 1 is 1.05 bits per heavy atom. The van der Waals surface area contributed by atoms with Gasteiger partial charge in [-0.05, 0) is 30.7 Å². The minimum absolute atomic E-state index is 0.0681. The number of hydrogen-bond acceptors (Lipinski definition) is 2. The Bertz CT molecular complexity index is 642. The molecule has 19 heavy (non-hydrogen) atoms. The number of fused-ring (bicyclic) bond motifs is 1. The summed E-state index contributed by atoms with van der Waals surface area (Å²) in [6, 6.07) is 15.5. The Kier molecular flexibility index (Phi) is 2.82. The second-order valence-electron chi connectivity index (χ2n) is 4.76. The summed E-state index contributed by atoms with van der Waals surface area (Å²) in [4.78, 5) is 12.3. The maximum Gasteiger partial charge on any atom is 0.255 e. The first-order valence-electron chi connectivity index (χ1n) is 6.04. The summed E-state index contributed by atoms with van der Waals surface area (Å²) in [5, 5.41) is 6.42. The topological polar surface area (TPSA) is 41.1 Å². The van der Waals surface area contributed by atoms with Crippen LogP contribution >= 0.6 is 15.9 Å². The van der Waals surface area contributed by atoms with Gasteiger partial charge in [-0.1, -0.05) is 46.3 Å². The van der Waals surface area contributed by atoms with E-state index in [1.54, 1.807) is 0 Å². The van der Waals surface area contributed by atoms with Gasteiger partial charge < -0.3 is 10.6 Å². The number of carbonyl (C=O) groups excluding carboxylic acids is 1. The van der Waals surface area contributed by atoms with Crippen LogP contribution in [0.1, 0.15) is 22.8 Å². The van der Waals surface area contributed by atoms with Gasteiger partial charge in [0.05, 0.1) is 5.56 Å². The Hall–Kier alpha value is -1.81. The summed E-state index contributed by atoms with van der Waals surface area (Å²) in [6.45, 7) is 1.96. The van der Waals surface area contributed by atoms with Crippen LogP contribution in [0.15, 0.2) is 53.0 Å². The first-order chi connectivity index (χ1) is 9.08. The minimum atomic E-state index is -0.584. The van der Waals surface area contributed by atoms with E-state index < -0.39 is 5.66 Å². The molecular weight excluding hydrogens is 304 g/mol. The maximum absolute atomic E-state index is 12.3. The lowest BCUT2D eigenvalue weighted by molar-refractivity contribution is 0.0906. The first kappa shape index (κ1) is 12.2. The summed E-state index contributed by atoms with van der Waals surface area (Å²) in [5.41, 5.74) is 1.94. The SMILES string of the molecule is CC1(c2ccccc2)NC(=O)c2cc(Br)ccc2N1. The average Bonchev–Trinajstić information content (AvgIpc) is 2.41. The van der Waals surface area contributed by atoms with Crippen LogP contribution in [0, 0.1) is 0 Å². The molecule has 0 saturated carbocycles. The fourth-order valence-electron chi connectivity index (χ4n) is 2.32. The summed E-state index contributed by atoms with van der Waals surface area (Å²) in [6.07, 6.45) is 0. The van der Waals surface area contributed by atoms with Crippen molar-refractivity contribution in [2.75, 3.05) is 5.32 Å². The van der Waals surface area contributed by atoms with Gasteiger partial charge in [-0.25, -0.2) is 0 Å². The highest BCUT2D eigenvalue weighted by Crippen LogP contribution is 2.32. The van der Waals surface area contributed by atoms with Crippen LogP contribution < -0.4 is 10.6 Å². The van der Waals surface area contributed by atoms with Crippen molar-refractivity contribution < 1.29 is 4.79 Å². The number of rotatable bonds is 1. The standard InChI is InChI=1S/C15H13BrN2O/c1-15(10-5-3-2-4-6-10)17-13-8-7-11(16)9-12(13)14(19)18-15/h2-9,17H,1H3,(H,18,19). The van der Waals surface area contributed by atoms with Crippen molar-refractivity contribution in [1.29, 1.82) is 0 Å². The van der Waals surface area contributed by atoms with E-state index >= 15 is 0 Å². The highest BCUT2D eigenvalue weighted by atomic mass is 79.9. The van der Waals surface area contributed by atoms with Crippen molar-refractivity contribution in [2.24, 2.45) is 0 Å². The molecule has 0 aromatic heterocycles. The number of carbonyl (C=O) groups is 1. The lowest BCUT2D eigenvalue weighted by Gasteiger charge is -2.38. The predicted octanol–water partition coefficient (Wildman–Crippen LogP) is 3.48. The molecule has 1 atom stereocenters. The molecule has 96 valence electrons. The molecule has 1 aliphatic rings. The fourth-order valence-corrected chi connectivity index (χ4v) is 2.69. The Morgan fingerprint density at radius 3 is 2.53 bits per heavy atom. The van der Waals surface area contributed by atoms with E-state index in [9.17, 15) is 4.79 Å². The number of halogens is 1. The molecule has 2 N–H and O–H groups in total. The Morgan fingerprint density at radius 2 is 1.79 bits per heavy atom. The van der Waals surface area contributed by atoms with Gasteiger partial charge in [0.15, 0.2) is 0 Å². The van der Waals surface area contributed by atoms with E-state index in [0.717, 1.165) is 15.7 Å². The molecule has 2 aromatic rings. The molecule has 0 radical (unpaired) electrons. The summed E-state index contributed by atoms with van der Waals surface area (Å²) >= 11 is 3.38. The van der Waals surface area contributed by atoms with Gasteiger partial charge in [0.25, 0.3) is 5.91 Å². The molecule has 3 nitrogen and oxygen atoms in total. The second kappa shape index (κ2) is 4.38. The minimum Gasteiger partial charge on any atom is -0.359 e. The van der Waals surface area contributed by atoms with Crippen LogP contribution in [0.25, 0.3) is 0 Å². The largest absolute Gasteiger partial charge is 0.359 e. The first-order valence-corrected chi connectivity index (χ1v) is 6.83. The van der Waals surface area contributed by atoms with Gasteiger partial charge in [0.2, 0.25) is 0 Å². The van der Waals surface area contributed by atoms with Gasteiger partial charge in [-0.3, -0.25) is 4.79 Å². The van der Waals surface area contributed by atoms with Crippen molar-refractivity contribution in [1.82, 2.24) is 5.32 Å². The zero-order valence-electron chi connectivity index (χ0n) is 10.4. The Labute approximate surface area is 120 Å². The van der Waals surface area contributed by atoms with Crippen LogP contribution in [-0.2, 0) is 5.66 Å². The number of hydrogen-bond donors (Lipinski definition) is 2. The van der Waals surface area contributed by atoms with Crippen molar-refractivity contribution in [3.63, 3.8) is 0 Å². The van der Waals surface area contributed by atoms with Crippen LogP contribution in [-0.4, -0.2) is 5.91 Å². The van der Waals surface area contributed by atoms with E-state index in [-0.39, 0.29) is 5.91 Å². The van der Waals surface area contributed by atoms with E-state index in [1.165, 1.54) is 0 Å². The molecule has 3 rings (SSSR count). The normalized spacial score (nSPS) is 21.3. The maximum atomic E-state index is 12.3. The molecule has 4 heteroatoms. The molecule has 1 unspecified atom stereocenters. The van der Waals surface area contributed by atoms with Crippen LogP contribution in [0.5, 0.6) is 0 Å². The van der Waals surface area contributed by atoms with Crippen LogP contribution in [0.4, 0.5) is 5.69 Å². The highest BCUT2D eigenvalue weighted by Gasteiger charge is 2.34. The van der Waals surface area contributed by atoms with E-state index in [4.69, 9.17) is 0 Å². The fraction of sp³-hybridized carbons (Fsp3) is 0.133. The third kappa shape index (κ3) is 2.12. The van der Waals surface area contributed by atoms with Crippen molar-refractivity contribution in [2.45, 2.75) is 12.6 Å². The lowest BCUT2D eigenvalue weighted by Crippen LogP contribution is -2.52. The number of nitrogens with one attached hydrogen (secondary N) is 2. The van der Waals surface area contributed by atoms with E-state index in [1.807, 2.05) is 55.5 Å². The molecule has 1 heterocycles. The number of benzene rings is 2. The van der Waals surface area contributed by atoms with Gasteiger partial charge in [0, 0.05) is 10.2 Å². The molecule has 1 aliphatic heterocycles. The van der Waals surface area contributed by atoms with Gasteiger partial charge in [0.1, 0.15) is 5.66 Å². The molecule has 0 fully saturated rings. The lowest BCUT2D eigenvalue weighted by atomic mass is 9.96. The smallest absolute Gasteiger partial charge is 0.255 e. The predicted molar refractivity (Wildman–Crippen MR) is 79.0 cm³/mol. The monoisotopic (exact) mass is 316 g/mol. The third-order valence-corrected chi connectivity index (χ3v) is 3.82. The van der Waals surface area contributed by atoms with Gasteiger partial charge >= 0.3 is 0 Å². The van der Waals surface area contributed by atoms with Crippen molar-refractivity contribution in [3.05, 3.63) is 64.1 Å².